The molecule has 2 N–H and O–H groups in total. The maximum atomic E-state index is 5.87. The smallest absolute Gasteiger partial charge is 0.191 e. The molecule has 2 saturated heterocycles. The summed E-state index contributed by atoms with van der Waals surface area (Å²) in [5.41, 5.74) is 1.04. The van der Waals surface area contributed by atoms with Crippen molar-refractivity contribution in [3.8, 4) is 0 Å². The number of fused-ring (bicyclic) bond motifs is 2. The number of halogens is 2. The van der Waals surface area contributed by atoms with Crippen molar-refractivity contribution >= 4 is 41.5 Å². The molecule has 0 saturated carbocycles. The Kier molecular flexibility index (Phi) is 6.70. The SMILES string of the molecule is CCNC(=NCc1ccc(Cl)nc1)NC1CC2CCC1O2.I. The van der Waals surface area contributed by atoms with Gasteiger partial charge in [0.2, 0.25) is 0 Å². The lowest BCUT2D eigenvalue weighted by Crippen LogP contribution is -2.47. The van der Waals surface area contributed by atoms with E-state index in [1.54, 1.807) is 12.3 Å². The molecule has 5 nitrogen and oxygen atoms in total. The van der Waals surface area contributed by atoms with E-state index in [-0.39, 0.29) is 24.0 Å². The molecule has 0 aromatic carbocycles. The molecule has 0 spiro atoms. The number of ether oxygens (including phenoxy) is 1. The Morgan fingerprint density at radius 1 is 1.45 bits per heavy atom. The van der Waals surface area contributed by atoms with Crippen LogP contribution >= 0.6 is 35.6 Å². The van der Waals surface area contributed by atoms with Gasteiger partial charge in [-0.1, -0.05) is 17.7 Å². The highest BCUT2D eigenvalue weighted by atomic mass is 127. The number of pyridine rings is 1. The van der Waals surface area contributed by atoms with Crippen LogP contribution in [-0.2, 0) is 11.3 Å². The van der Waals surface area contributed by atoms with E-state index in [1.807, 2.05) is 6.07 Å². The average Bonchev–Trinajstić information content (AvgIpc) is 3.09. The summed E-state index contributed by atoms with van der Waals surface area (Å²) in [4.78, 5) is 8.69. The molecule has 0 aliphatic carbocycles. The summed E-state index contributed by atoms with van der Waals surface area (Å²) in [6.07, 6.45) is 5.98. The van der Waals surface area contributed by atoms with Crippen molar-refractivity contribution in [2.75, 3.05) is 6.54 Å². The van der Waals surface area contributed by atoms with Crippen LogP contribution in [0.1, 0.15) is 31.7 Å². The van der Waals surface area contributed by atoms with Gasteiger partial charge in [0.15, 0.2) is 5.96 Å². The molecule has 2 aliphatic rings. The highest BCUT2D eigenvalue weighted by molar-refractivity contribution is 14.0. The van der Waals surface area contributed by atoms with Crippen LogP contribution in [0.2, 0.25) is 5.15 Å². The van der Waals surface area contributed by atoms with Gasteiger partial charge < -0.3 is 15.4 Å². The van der Waals surface area contributed by atoms with E-state index in [2.05, 4.69) is 27.5 Å². The summed E-state index contributed by atoms with van der Waals surface area (Å²) in [7, 11) is 0. The first-order chi connectivity index (χ1) is 10.2. The second-order valence-corrected chi connectivity index (χ2v) is 5.93. The number of hydrogen-bond acceptors (Lipinski definition) is 3. The minimum absolute atomic E-state index is 0. The number of guanidine groups is 1. The molecule has 2 fully saturated rings. The molecule has 3 rings (SSSR count). The molecule has 3 heterocycles. The molecular formula is C15H22ClIN4O. The first-order valence-corrected chi connectivity index (χ1v) is 7.93. The molecule has 0 amide bonds. The highest BCUT2D eigenvalue weighted by Crippen LogP contribution is 2.34. The van der Waals surface area contributed by atoms with Crippen LogP contribution < -0.4 is 10.6 Å². The van der Waals surface area contributed by atoms with Crippen molar-refractivity contribution in [3.05, 3.63) is 29.0 Å². The third-order valence-electron chi connectivity index (χ3n) is 3.98. The van der Waals surface area contributed by atoms with Crippen molar-refractivity contribution in [2.45, 2.75) is 51.0 Å². The first kappa shape index (κ1) is 17.7. The van der Waals surface area contributed by atoms with Crippen LogP contribution in [0, 0.1) is 0 Å². The summed E-state index contributed by atoms with van der Waals surface area (Å²) >= 11 is 5.79. The molecule has 3 atom stereocenters. The van der Waals surface area contributed by atoms with Crippen LogP contribution in [0.3, 0.4) is 0 Å². The Bertz CT molecular complexity index is 511. The van der Waals surface area contributed by atoms with Crippen LogP contribution in [0.25, 0.3) is 0 Å². The van der Waals surface area contributed by atoms with E-state index >= 15 is 0 Å². The molecule has 1 aromatic heterocycles. The van der Waals surface area contributed by atoms with E-state index in [1.165, 1.54) is 6.42 Å². The Balaban J connectivity index is 0.00000176. The third kappa shape index (κ3) is 4.45. The number of nitrogens with one attached hydrogen (secondary N) is 2. The van der Waals surface area contributed by atoms with Crippen molar-refractivity contribution in [3.63, 3.8) is 0 Å². The average molecular weight is 437 g/mol. The standard InChI is InChI=1S/C15H21ClN4O.HI/c1-2-17-15(19-9-10-3-6-14(16)18-8-10)20-12-7-11-4-5-13(12)21-11;/h3,6,8,11-13H,2,4-5,7,9H2,1H3,(H2,17,19,20);1H. The monoisotopic (exact) mass is 436 g/mol. The number of hydrogen-bond donors (Lipinski definition) is 2. The number of rotatable bonds is 4. The van der Waals surface area contributed by atoms with Gasteiger partial charge in [-0.15, -0.1) is 24.0 Å². The van der Waals surface area contributed by atoms with Gasteiger partial charge in [0, 0.05) is 12.7 Å². The van der Waals surface area contributed by atoms with E-state index in [0.717, 1.165) is 30.9 Å². The third-order valence-corrected chi connectivity index (χ3v) is 4.20. The maximum Gasteiger partial charge on any atom is 0.191 e. The van der Waals surface area contributed by atoms with Gasteiger partial charge in [0.25, 0.3) is 0 Å². The van der Waals surface area contributed by atoms with Crippen LogP contribution in [0.5, 0.6) is 0 Å². The molecule has 0 radical (unpaired) electrons. The van der Waals surface area contributed by atoms with Gasteiger partial charge in [0.05, 0.1) is 24.8 Å². The molecule has 122 valence electrons. The highest BCUT2D eigenvalue weighted by Gasteiger charge is 2.41. The topological polar surface area (TPSA) is 58.5 Å². The number of nitrogens with zero attached hydrogens (tertiary/aromatic N) is 2. The van der Waals surface area contributed by atoms with Crippen LogP contribution in [-0.4, -0.2) is 35.7 Å². The van der Waals surface area contributed by atoms with Gasteiger partial charge in [0.1, 0.15) is 5.15 Å². The largest absolute Gasteiger partial charge is 0.373 e. The second kappa shape index (κ2) is 8.31. The summed E-state index contributed by atoms with van der Waals surface area (Å²) < 4.78 is 5.87. The number of aromatic nitrogens is 1. The lowest BCUT2D eigenvalue weighted by atomic mass is 9.96. The Hall–Kier alpha value is -0.600. The predicted octanol–water partition coefficient (Wildman–Crippen LogP) is 2.73. The fraction of sp³-hybridized carbons (Fsp3) is 0.600. The quantitative estimate of drug-likeness (QED) is 0.330. The maximum absolute atomic E-state index is 5.87. The summed E-state index contributed by atoms with van der Waals surface area (Å²) in [6.45, 7) is 3.49. The lowest BCUT2D eigenvalue weighted by molar-refractivity contribution is 0.0992. The summed E-state index contributed by atoms with van der Waals surface area (Å²) in [6, 6.07) is 4.12. The first-order valence-electron chi connectivity index (χ1n) is 7.55. The zero-order chi connectivity index (χ0) is 14.7. The molecule has 2 aliphatic heterocycles. The fourth-order valence-electron chi connectivity index (χ4n) is 2.96. The Morgan fingerprint density at radius 2 is 2.32 bits per heavy atom. The predicted molar refractivity (Wildman–Crippen MR) is 98.9 cm³/mol. The van der Waals surface area contributed by atoms with Gasteiger partial charge in [-0.2, -0.15) is 0 Å². The summed E-state index contributed by atoms with van der Waals surface area (Å²) in [5.74, 6) is 0.841. The molecule has 1 aromatic rings. The molecule has 3 unspecified atom stereocenters. The van der Waals surface area contributed by atoms with Gasteiger partial charge in [-0.05, 0) is 37.8 Å². The summed E-state index contributed by atoms with van der Waals surface area (Å²) in [5, 5.41) is 7.29. The molecule has 7 heteroatoms. The van der Waals surface area contributed by atoms with E-state index < -0.39 is 0 Å². The minimum atomic E-state index is 0. The second-order valence-electron chi connectivity index (χ2n) is 5.54. The zero-order valence-electron chi connectivity index (χ0n) is 12.6. The normalized spacial score (nSPS) is 26.6. The Morgan fingerprint density at radius 3 is 2.91 bits per heavy atom. The molecule has 22 heavy (non-hydrogen) atoms. The van der Waals surface area contributed by atoms with Crippen LogP contribution in [0.4, 0.5) is 0 Å². The van der Waals surface area contributed by atoms with E-state index in [9.17, 15) is 0 Å². The van der Waals surface area contributed by atoms with Crippen molar-refractivity contribution < 1.29 is 4.74 Å². The van der Waals surface area contributed by atoms with E-state index in [4.69, 9.17) is 16.3 Å². The number of aliphatic imine (C=N–C) groups is 1. The fourth-order valence-corrected chi connectivity index (χ4v) is 3.07. The molecular weight excluding hydrogens is 415 g/mol. The van der Waals surface area contributed by atoms with E-state index in [0.29, 0.717) is 29.9 Å². The Labute approximate surface area is 153 Å². The van der Waals surface area contributed by atoms with Gasteiger partial charge >= 0.3 is 0 Å². The van der Waals surface area contributed by atoms with Crippen LogP contribution in [0.15, 0.2) is 23.3 Å². The zero-order valence-corrected chi connectivity index (χ0v) is 15.7. The van der Waals surface area contributed by atoms with Crippen molar-refractivity contribution in [1.82, 2.24) is 15.6 Å². The molecule has 2 bridgehead atoms. The lowest BCUT2D eigenvalue weighted by Gasteiger charge is -2.22. The minimum Gasteiger partial charge on any atom is -0.373 e. The van der Waals surface area contributed by atoms with Gasteiger partial charge in [-0.3, -0.25) is 0 Å². The van der Waals surface area contributed by atoms with Crippen molar-refractivity contribution in [1.29, 1.82) is 0 Å². The van der Waals surface area contributed by atoms with Crippen molar-refractivity contribution in [2.24, 2.45) is 4.99 Å². The van der Waals surface area contributed by atoms with Gasteiger partial charge in [-0.25, -0.2) is 9.98 Å².